The van der Waals surface area contributed by atoms with E-state index in [4.69, 9.17) is 9.47 Å². The fourth-order valence-corrected chi connectivity index (χ4v) is 2.98. The second-order valence-electron chi connectivity index (χ2n) is 6.49. The molecule has 1 aromatic carbocycles. The first-order valence-electron chi connectivity index (χ1n) is 8.84. The molecule has 0 fully saturated rings. The van der Waals surface area contributed by atoms with Gasteiger partial charge in [0, 0.05) is 17.0 Å². The highest BCUT2D eigenvalue weighted by molar-refractivity contribution is 5.99. The van der Waals surface area contributed by atoms with Crippen LogP contribution in [0.4, 0.5) is 0 Å². The van der Waals surface area contributed by atoms with E-state index in [1.165, 1.54) is 0 Å². The van der Waals surface area contributed by atoms with E-state index in [1.54, 1.807) is 37.5 Å². The summed E-state index contributed by atoms with van der Waals surface area (Å²) < 4.78 is 11.8. The highest BCUT2D eigenvalue weighted by Crippen LogP contribution is 2.17. The Balaban J connectivity index is 2.02. The van der Waals surface area contributed by atoms with E-state index in [0.717, 1.165) is 16.8 Å². The summed E-state index contributed by atoms with van der Waals surface area (Å²) in [6.45, 7) is 8.98. The molecule has 0 saturated heterocycles. The molecule has 2 rings (SSSR count). The number of Topliss-reactive ketones (excluding diaryl/α,β-unsaturated/α-hetero) is 1. The lowest BCUT2D eigenvalue weighted by atomic mass is 10.0. The average Bonchev–Trinajstić information content (AvgIpc) is 2.88. The average molecular weight is 371 g/mol. The van der Waals surface area contributed by atoms with Crippen molar-refractivity contribution in [3.63, 3.8) is 0 Å². The molecule has 6 heteroatoms. The Morgan fingerprint density at radius 1 is 0.963 bits per heavy atom. The van der Waals surface area contributed by atoms with Crippen LogP contribution in [0.1, 0.15) is 50.2 Å². The number of benzene rings is 1. The van der Waals surface area contributed by atoms with Crippen molar-refractivity contribution in [3.05, 3.63) is 57.9 Å². The summed E-state index contributed by atoms with van der Waals surface area (Å²) in [4.78, 5) is 36.4. The van der Waals surface area contributed by atoms with Crippen molar-refractivity contribution in [2.45, 2.75) is 41.2 Å². The second-order valence-corrected chi connectivity index (χ2v) is 6.49. The van der Waals surface area contributed by atoms with Gasteiger partial charge in [-0.3, -0.25) is 9.59 Å². The molecule has 1 heterocycles. The highest BCUT2D eigenvalue weighted by Gasteiger charge is 2.19. The summed E-state index contributed by atoms with van der Waals surface area (Å²) in [7, 11) is 0. The van der Waals surface area contributed by atoms with Gasteiger partial charge >= 0.3 is 11.9 Å². The molecule has 0 unspecified atom stereocenters. The number of nitrogens with zero attached hydrogens (tertiary/aromatic N) is 1. The summed E-state index contributed by atoms with van der Waals surface area (Å²) >= 11 is 0. The van der Waals surface area contributed by atoms with Gasteiger partial charge in [-0.2, -0.15) is 0 Å². The summed E-state index contributed by atoms with van der Waals surface area (Å²) in [6.07, 6.45) is 0. The van der Waals surface area contributed by atoms with Crippen LogP contribution in [-0.2, 0) is 20.8 Å². The van der Waals surface area contributed by atoms with E-state index in [-0.39, 0.29) is 25.5 Å². The Bertz CT molecular complexity index is 879. The zero-order valence-corrected chi connectivity index (χ0v) is 16.4. The van der Waals surface area contributed by atoms with Gasteiger partial charge in [0.15, 0.2) is 6.61 Å². The first-order valence-corrected chi connectivity index (χ1v) is 8.84. The topological polar surface area (TPSA) is 74.6 Å². The highest BCUT2D eigenvalue weighted by atomic mass is 16.5. The van der Waals surface area contributed by atoms with Crippen molar-refractivity contribution in [2.75, 3.05) is 13.2 Å². The Morgan fingerprint density at radius 2 is 1.67 bits per heavy atom. The molecule has 27 heavy (non-hydrogen) atoms. The summed E-state index contributed by atoms with van der Waals surface area (Å²) in [6, 6.07) is 7.19. The van der Waals surface area contributed by atoms with Gasteiger partial charge in [0.1, 0.15) is 6.54 Å². The molecule has 144 valence electrons. The van der Waals surface area contributed by atoms with Gasteiger partial charge in [-0.05, 0) is 46.2 Å². The van der Waals surface area contributed by atoms with Crippen molar-refractivity contribution in [1.82, 2.24) is 4.57 Å². The Labute approximate surface area is 159 Å². The SMILES string of the molecule is CCOC(=O)c1cc(C)n(CC(=O)OCC(=O)c2ccc(C)cc2C)c1C. The smallest absolute Gasteiger partial charge is 0.339 e. The largest absolute Gasteiger partial charge is 0.462 e. The number of esters is 2. The lowest BCUT2D eigenvalue weighted by molar-refractivity contribution is -0.143. The molecule has 2 aromatic rings. The number of carbonyl (C=O) groups is 3. The number of ketones is 1. The number of aryl methyl sites for hydroxylation is 3. The summed E-state index contributed by atoms with van der Waals surface area (Å²) in [5, 5.41) is 0. The lowest BCUT2D eigenvalue weighted by Crippen LogP contribution is -2.20. The van der Waals surface area contributed by atoms with E-state index >= 15 is 0 Å². The fraction of sp³-hybridized carbons (Fsp3) is 0.381. The maximum absolute atomic E-state index is 12.3. The number of rotatable bonds is 7. The Hall–Kier alpha value is -2.89. The van der Waals surface area contributed by atoms with Crippen LogP contribution in [0.25, 0.3) is 0 Å². The fourth-order valence-electron chi connectivity index (χ4n) is 2.98. The number of aromatic nitrogens is 1. The maximum Gasteiger partial charge on any atom is 0.339 e. The van der Waals surface area contributed by atoms with E-state index in [0.29, 0.717) is 16.8 Å². The van der Waals surface area contributed by atoms with Gasteiger partial charge in [0.2, 0.25) is 5.78 Å². The third-order valence-electron chi connectivity index (χ3n) is 4.40. The van der Waals surface area contributed by atoms with Crippen molar-refractivity contribution in [1.29, 1.82) is 0 Å². The standard InChI is InChI=1S/C21H25NO5/c1-6-26-21(25)18-10-15(4)22(16(18)5)11-20(24)27-12-19(23)17-8-7-13(2)9-14(17)3/h7-10H,6,11-12H2,1-5H3. The van der Waals surface area contributed by atoms with Crippen LogP contribution < -0.4 is 0 Å². The minimum absolute atomic E-state index is 0.0722. The zero-order chi connectivity index (χ0) is 20.1. The number of hydrogen-bond donors (Lipinski definition) is 0. The zero-order valence-electron chi connectivity index (χ0n) is 16.4. The van der Waals surface area contributed by atoms with Crippen LogP contribution in [0.2, 0.25) is 0 Å². The van der Waals surface area contributed by atoms with Crippen LogP contribution in [-0.4, -0.2) is 35.5 Å². The van der Waals surface area contributed by atoms with Crippen LogP contribution in [0.15, 0.2) is 24.3 Å². The van der Waals surface area contributed by atoms with Crippen LogP contribution in [0, 0.1) is 27.7 Å². The van der Waals surface area contributed by atoms with Gasteiger partial charge in [-0.1, -0.05) is 23.8 Å². The molecular weight excluding hydrogens is 346 g/mol. The molecule has 0 aliphatic heterocycles. The summed E-state index contributed by atoms with van der Waals surface area (Å²) in [5.41, 5.74) is 4.26. The number of hydrogen-bond acceptors (Lipinski definition) is 5. The van der Waals surface area contributed by atoms with Crippen molar-refractivity contribution in [2.24, 2.45) is 0 Å². The minimum Gasteiger partial charge on any atom is -0.462 e. The Morgan fingerprint density at radius 3 is 2.30 bits per heavy atom. The maximum atomic E-state index is 12.3. The molecule has 0 aliphatic rings. The Kier molecular flexibility index (Phi) is 6.55. The predicted molar refractivity (Wildman–Crippen MR) is 101 cm³/mol. The van der Waals surface area contributed by atoms with Gasteiger partial charge in [0.05, 0.1) is 12.2 Å². The van der Waals surface area contributed by atoms with Gasteiger partial charge < -0.3 is 14.0 Å². The predicted octanol–water partition coefficient (Wildman–Crippen LogP) is 3.32. The second kappa shape index (κ2) is 8.66. The van der Waals surface area contributed by atoms with Crippen LogP contribution >= 0.6 is 0 Å². The van der Waals surface area contributed by atoms with Crippen molar-refractivity contribution >= 4 is 17.7 Å². The molecule has 1 aromatic heterocycles. The van der Waals surface area contributed by atoms with Crippen LogP contribution in [0.3, 0.4) is 0 Å². The first kappa shape index (κ1) is 20.4. The molecule has 0 radical (unpaired) electrons. The quantitative estimate of drug-likeness (QED) is 0.551. The molecule has 0 atom stereocenters. The molecule has 0 bridgehead atoms. The van der Waals surface area contributed by atoms with Crippen LogP contribution in [0.5, 0.6) is 0 Å². The van der Waals surface area contributed by atoms with Gasteiger partial charge in [-0.15, -0.1) is 0 Å². The van der Waals surface area contributed by atoms with E-state index < -0.39 is 11.9 Å². The molecule has 0 N–H and O–H groups in total. The van der Waals surface area contributed by atoms with Crippen molar-refractivity contribution in [3.8, 4) is 0 Å². The first-order chi connectivity index (χ1) is 12.7. The number of carbonyl (C=O) groups excluding carboxylic acids is 3. The third kappa shape index (κ3) is 4.84. The van der Waals surface area contributed by atoms with Gasteiger partial charge in [-0.25, -0.2) is 4.79 Å². The minimum atomic E-state index is -0.537. The normalized spacial score (nSPS) is 10.6. The molecule has 0 spiro atoms. The molecule has 0 saturated carbocycles. The van der Waals surface area contributed by atoms with Gasteiger partial charge in [0.25, 0.3) is 0 Å². The summed E-state index contributed by atoms with van der Waals surface area (Å²) in [5.74, 6) is -1.20. The lowest BCUT2D eigenvalue weighted by Gasteiger charge is -2.10. The van der Waals surface area contributed by atoms with E-state index in [9.17, 15) is 14.4 Å². The third-order valence-corrected chi connectivity index (χ3v) is 4.40. The van der Waals surface area contributed by atoms with E-state index in [1.807, 2.05) is 26.0 Å². The molecule has 0 aliphatic carbocycles. The molecule has 6 nitrogen and oxygen atoms in total. The molecular formula is C21H25NO5. The van der Waals surface area contributed by atoms with E-state index in [2.05, 4.69) is 0 Å². The molecule has 0 amide bonds. The monoisotopic (exact) mass is 371 g/mol. The number of ether oxygens (including phenoxy) is 2. The van der Waals surface area contributed by atoms with Crippen molar-refractivity contribution < 1.29 is 23.9 Å².